The number of aromatic carboxylic acids is 1. The highest BCUT2D eigenvalue weighted by Crippen LogP contribution is 2.27. The van der Waals surface area contributed by atoms with Crippen LogP contribution in [0.3, 0.4) is 0 Å². The van der Waals surface area contributed by atoms with Gasteiger partial charge in [0.25, 0.3) is 11.8 Å². The van der Waals surface area contributed by atoms with Gasteiger partial charge in [-0.15, -0.1) is 0 Å². The summed E-state index contributed by atoms with van der Waals surface area (Å²) >= 11 is 0. The summed E-state index contributed by atoms with van der Waals surface area (Å²) in [5, 5.41) is 16.4. The third-order valence-corrected chi connectivity index (χ3v) is 5.65. The Morgan fingerprint density at radius 2 is 1.82 bits per heavy atom. The molecule has 0 spiro atoms. The number of amides is 2. The van der Waals surface area contributed by atoms with Gasteiger partial charge in [0.15, 0.2) is 12.4 Å². The summed E-state index contributed by atoms with van der Waals surface area (Å²) in [5.41, 5.74) is 0.283. The molecule has 1 fully saturated rings. The average molecular weight is 463 g/mol. The number of carboxylic acid groups (broad SMARTS) is 1. The summed E-state index contributed by atoms with van der Waals surface area (Å²) in [7, 11) is 0. The van der Waals surface area contributed by atoms with Crippen LogP contribution in [0.15, 0.2) is 54.6 Å². The van der Waals surface area contributed by atoms with E-state index in [0.717, 1.165) is 0 Å². The molecule has 1 aliphatic rings. The van der Waals surface area contributed by atoms with Crippen LogP contribution >= 0.6 is 0 Å². The van der Waals surface area contributed by atoms with Crippen molar-refractivity contribution < 1.29 is 24.2 Å². The smallest absolute Gasteiger partial charge is 0.335 e. The lowest BCUT2D eigenvalue weighted by molar-refractivity contribution is -0.133. The summed E-state index contributed by atoms with van der Waals surface area (Å²) in [4.78, 5) is 45.3. The molecule has 1 aliphatic heterocycles. The van der Waals surface area contributed by atoms with E-state index in [1.807, 2.05) is 18.2 Å². The summed E-state index contributed by atoms with van der Waals surface area (Å²) in [6.45, 7) is 2.61. The van der Waals surface area contributed by atoms with E-state index in [2.05, 4.69) is 15.2 Å². The number of aromatic nitrogens is 3. The lowest BCUT2D eigenvalue weighted by Gasteiger charge is -2.27. The van der Waals surface area contributed by atoms with E-state index in [0.29, 0.717) is 36.9 Å². The van der Waals surface area contributed by atoms with E-state index >= 15 is 0 Å². The Labute approximate surface area is 196 Å². The van der Waals surface area contributed by atoms with Crippen LogP contribution in [0.2, 0.25) is 0 Å². The zero-order chi connectivity index (χ0) is 24.1. The standard InChI is InChI=1S/C24H25N5O5/c1-16-25-22(27-26-16)20-10-11-28(21(30)15-34-19-8-3-2-4-9-19)12-13-29(20)23(31)17-6-5-7-18(14-17)24(32)33/h2-9,14,20H,10-13,15H2,1H3,(H,32,33)(H,25,26,27). The van der Waals surface area contributed by atoms with E-state index in [1.54, 1.807) is 34.9 Å². The Hall–Kier alpha value is -4.21. The maximum Gasteiger partial charge on any atom is 0.335 e. The molecule has 10 nitrogen and oxygen atoms in total. The first-order valence-corrected chi connectivity index (χ1v) is 10.9. The number of para-hydroxylation sites is 1. The topological polar surface area (TPSA) is 129 Å². The fourth-order valence-corrected chi connectivity index (χ4v) is 3.90. The zero-order valence-corrected chi connectivity index (χ0v) is 18.7. The molecule has 1 unspecified atom stereocenters. The van der Waals surface area contributed by atoms with E-state index in [1.165, 1.54) is 18.2 Å². The highest BCUT2D eigenvalue weighted by atomic mass is 16.5. The maximum absolute atomic E-state index is 13.4. The molecule has 0 saturated carbocycles. The van der Waals surface area contributed by atoms with Crippen LogP contribution in [0.5, 0.6) is 5.75 Å². The predicted octanol–water partition coefficient (Wildman–Crippen LogP) is 2.31. The Morgan fingerprint density at radius 1 is 1.06 bits per heavy atom. The zero-order valence-electron chi connectivity index (χ0n) is 18.7. The van der Waals surface area contributed by atoms with Crippen molar-refractivity contribution >= 4 is 17.8 Å². The van der Waals surface area contributed by atoms with Gasteiger partial charge < -0.3 is 19.6 Å². The normalized spacial score (nSPS) is 16.1. The van der Waals surface area contributed by atoms with Crippen LogP contribution in [-0.4, -0.2) is 74.1 Å². The second kappa shape index (κ2) is 10.2. The molecule has 176 valence electrons. The number of nitrogens with zero attached hydrogens (tertiary/aromatic N) is 4. The second-order valence-corrected chi connectivity index (χ2v) is 7.95. The SMILES string of the molecule is Cc1nc(C2CCN(C(=O)COc3ccccc3)CCN2C(=O)c2cccc(C(=O)O)c2)n[nH]1. The van der Waals surface area contributed by atoms with Crippen molar-refractivity contribution in [2.24, 2.45) is 0 Å². The van der Waals surface area contributed by atoms with Gasteiger partial charge in [0.05, 0.1) is 11.6 Å². The number of ether oxygens (including phenoxy) is 1. The molecule has 0 aliphatic carbocycles. The molecule has 1 aromatic heterocycles. The molecule has 2 N–H and O–H groups in total. The molecule has 34 heavy (non-hydrogen) atoms. The molecule has 10 heteroatoms. The summed E-state index contributed by atoms with van der Waals surface area (Å²) in [6.07, 6.45) is 0.429. The minimum Gasteiger partial charge on any atom is -0.484 e. The van der Waals surface area contributed by atoms with Crippen molar-refractivity contribution in [3.63, 3.8) is 0 Å². The number of aryl methyl sites for hydroxylation is 1. The Balaban J connectivity index is 1.53. The monoisotopic (exact) mass is 463 g/mol. The molecule has 1 saturated heterocycles. The van der Waals surface area contributed by atoms with E-state index in [-0.39, 0.29) is 36.1 Å². The third-order valence-electron chi connectivity index (χ3n) is 5.65. The largest absolute Gasteiger partial charge is 0.484 e. The minimum absolute atomic E-state index is 0.0285. The number of carbonyl (C=O) groups is 3. The van der Waals surface area contributed by atoms with Crippen LogP contribution in [0.4, 0.5) is 0 Å². The number of carboxylic acids is 1. The van der Waals surface area contributed by atoms with Crippen LogP contribution < -0.4 is 4.74 Å². The van der Waals surface area contributed by atoms with Gasteiger partial charge in [0.2, 0.25) is 0 Å². The van der Waals surface area contributed by atoms with Gasteiger partial charge in [-0.1, -0.05) is 24.3 Å². The van der Waals surface area contributed by atoms with E-state index in [9.17, 15) is 19.5 Å². The van der Waals surface area contributed by atoms with Gasteiger partial charge in [-0.25, -0.2) is 9.78 Å². The molecule has 3 aromatic rings. The average Bonchev–Trinajstić information content (AvgIpc) is 3.16. The molecule has 0 bridgehead atoms. The van der Waals surface area contributed by atoms with Crippen molar-refractivity contribution in [1.29, 1.82) is 0 Å². The highest BCUT2D eigenvalue weighted by molar-refractivity contribution is 5.97. The van der Waals surface area contributed by atoms with Crippen LogP contribution in [-0.2, 0) is 4.79 Å². The molecule has 2 aromatic carbocycles. The molecule has 4 rings (SSSR count). The van der Waals surface area contributed by atoms with Gasteiger partial charge in [0.1, 0.15) is 11.6 Å². The first kappa shape index (κ1) is 23.0. The van der Waals surface area contributed by atoms with Crippen molar-refractivity contribution in [3.05, 3.63) is 77.4 Å². The lowest BCUT2D eigenvalue weighted by atomic mass is 10.1. The summed E-state index contributed by atoms with van der Waals surface area (Å²) in [6, 6.07) is 14.5. The number of rotatable bonds is 6. The number of aromatic amines is 1. The van der Waals surface area contributed by atoms with Crippen LogP contribution in [0, 0.1) is 6.92 Å². The van der Waals surface area contributed by atoms with Gasteiger partial charge in [-0.05, 0) is 43.7 Å². The lowest BCUT2D eigenvalue weighted by Crippen LogP contribution is -2.40. The number of hydrogen-bond acceptors (Lipinski definition) is 6. The van der Waals surface area contributed by atoms with E-state index in [4.69, 9.17) is 4.74 Å². The molecular weight excluding hydrogens is 438 g/mol. The van der Waals surface area contributed by atoms with Crippen LogP contribution in [0.25, 0.3) is 0 Å². The minimum atomic E-state index is -1.11. The quantitative estimate of drug-likeness (QED) is 0.574. The first-order valence-electron chi connectivity index (χ1n) is 10.9. The summed E-state index contributed by atoms with van der Waals surface area (Å²) < 4.78 is 5.60. The first-order chi connectivity index (χ1) is 16.4. The fraction of sp³-hybridized carbons (Fsp3) is 0.292. The number of hydrogen-bond donors (Lipinski definition) is 2. The predicted molar refractivity (Wildman–Crippen MR) is 121 cm³/mol. The van der Waals surface area contributed by atoms with Gasteiger partial charge in [-0.2, -0.15) is 5.10 Å². The fourth-order valence-electron chi connectivity index (χ4n) is 3.90. The van der Waals surface area contributed by atoms with Crippen molar-refractivity contribution in [1.82, 2.24) is 25.0 Å². The number of benzene rings is 2. The highest BCUT2D eigenvalue weighted by Gasteiger charge is 2.33. The molecule has 2 heterocycles. The van der Waals surface area contributed by atoms with Gasteiger partial charge >= 0.3 is 5.97 Å². The van der Waals surface area contributed by atoms with Gasteiger partial charge in [-0.3, -0.25) is 14.7 Å². The van der Waals surface area contributed by atoms with E-state index < -0.39 is 12.0 Å². The van der Waals surface area contributed by atoms with Gasteiger partial charge in [0, 0.05) is 25.2 Å². The Morgan fingerprint density at radius 3 is 2.53 bits per heavy atom. The number of H-pyrrole nitrogens is 1. The molecule has 0 radical (unpaired) electrons. The molecular formula is C24H25N5O5. The maximum atomic E-state index is 13.4. The third kappa shape index (κ3) is 5.22. The Bertz CT molecular complexity index is 1180. The summed E-state index contributed by atoms with van der Waals surface area (Å²) in [5.74, 6) is 0.0387. The number of carbonyl (C=O) groups excluding carboxylic acids is 2. The molecule has 1 atom stereocenters. The van der Waals surface area contributed by atoms with Crippen molar-refractivity contribution in [2.75, 3.05) is 26.2 Å². The van der Waals surface area contributed by atoms with Crippen molar-refractivity contribution in [3.8, 4) is 5.75 Å². The van der Waals surface area contributed by atoms with Crippen molar-refractivity contribution in [2.45, 2.75) is 19.4 Å². The second-order valence-electron chi connectivity index (χ2n) is 7.95. The Kier molecular flexibility index (Phi) is 6.86. The number of nitrogens with one attached hydrogen (secondary N) is 1. The molecule has 2 amide bonds. The van der Waals surface area contributed by atoms with Crippen LogP contribution in [0.1, 0.15) is 44.8 Å².